The summed E-state index contributed by atoms with van der Waals surface area (Å²) in [6, 6.07) is 0.116. The second-order valence-corrected chi connectivity index (χ2v) is 7.73. The first-order valence-electron chi connectivity index (χ1n) is 9.39. The zero-order valence-electron chi connectivity index (χ0n) is 15.5. The summed E-state index contributed by atoms with van der Waals surface area (Å²) < 4.78 is 0. The summed E-state index contributed by atoms with van der Waals surface area (Å²) in [5.41, 5.74) is 0. The lowest BCUT2D eigenvalue weighted by atomic mass is 10.0. The van der Waals surface area contributed by atoms with Crippen molar-refractivity contribution in [3.63, 3.8) is 0 Å². The van der Waals surface area contributed by atoms with Crippen molar-refractivity contribution in [1.82, 2.24) is 25.0 Å². The SMILES string of the molecule is Cc1nc(CCC(=O)N2CCC(=O)N(CC3CC3)[C@@H](C(C)C)C2)n[nH]1. The summed E-state index contributed by atoms with van der Waals surface area (Å²) in [6.45, 7) is 8.15. The molecule has 0 unspecified atom stereocenters. The van der Waals surface area contributed by atoms with Crippen molar-refractivity contribution >= 4 is 11.8 Å². The summed E-state index contributed by atoms with van der Waals surface area (Å²) in [5, 5.41) is 6.89. The van der Waals surface area contributed by atoms with Crippen LogP contribution in [0, 0.1) is 18.8 Å². The van der Waals surface area contributed by atoms with Crippen LogP contribution in [-0.4, -0.2) is 62.5 Å². The van der Waals surface area contributed by atoms with Crippen LogP contribution in [0.25, 0.3) is 0 Å². The number of carbonyl (C=O) groups is 2. The molecule has 2 fully saturated rings. The van der Waals surface area contributed by atoms with E-state index in [2.05, 4.69) is 29.0 Å². The molecule has 2 amide bonds. The zero-order valence-corrected chi connectivity index (χ0v) is 15.5. The Hall–Kier alpha value is -1.92. The van der Waals surface area contributed by atoms with Crippen LogP contribution in [0.15, 0.2) is 0 Å². The highest BCUT2D eigenvalue weighted by Gasteiger charge is 2.36. The standard InChI is InChI=1S/C18H29N5O2/c1-12(2)15-11-22(9-8-18(25)23(15)10-14-4-5-14)17(24)7-6-16-19-13(3)20-21-16/h12,14-15H,4-11H2,1-3H3,(H,19,20,21)/t15-/m1/s1. The molecule has 1 saturated heterocycles. The first-order valence-corrected chi connectivity index (χ1v) is 9.39. The number of nitrogens with one attached hydrogen (secondary N) is 1. The molecule has 0 spiro atoms. The minimum absolute atomic E-state index is 0.0918. The average Bonchev–Trinajstić information content (AvgIpc) is 3.32. The van der Waals surface area contributed by atoms with E-state index in [-0.39, 0.29) is 17.9 Å². The molecule has 1 aliphatic carbocycles. The number of hydrogen-bond donors (Lipinski definition) is 1. The van der Waals surface area contributed by atoms with E-state index in [0.29, 0.717) is 50.0 Å². The van der Waals surface area contributed by atoms with Gasteiger partial charge in [0.25, 0.3) is 0 Å². The van der Waals surface area contributed by atoms with Gasteiger partial charge in [-0.25, -0.2) is 4.98 Å². The van der Waals surface area contributed by atoms with E-state index in [9.17, 15) is 9.59 Å². The molecule has 2 aliphatic rings. The number of hydrogen-bond acceptors (Lipinski definition) is 4. The molecule has 1 aromatic heterocycles. The molecule has 1 atom stereocenters. The Balaban J connectivity index is 1.62. The predicted octanol–water partition coefficient (Wildman–Crippen LogP) is 1.54. The second kappa shape index (κ2) is 7.54. The largest absolute Gasteiger partial charge is 0.340 e. The molecule has 0 aromatic carbocycles. The first-order chi connectivity index (χ1) is 11.9. The fraction of sp³-hybridized carbons (Fsp3) is 0.778. The van der Waals surface area contributed by atoms with Crippen LogP contribution in [0.5, 0.6) is 0 Å². The highest BCUT2D eigenvalue weighted by Crippen LogP contribution is 2.32. The van der Waals surface area contributed by atoms with Crippen LogP contribution >= 0.6 is 0 Å². The van der Waals surface area contributed by atoms with Crippen molar-refractivity contribution in [3.8, 4) is 0 Å². The van der Waals surface area contributed by atoms with Crippen molar-refractivity contribution < 1.29 is 9.59 Å². The third-order valence-corrected chi connectivity index (χ3v) is 5.20. The van der Waals surface area contributed by atoms with Gasteiger partial charge in [-0.2, -0.15) is 5.10 Å². The maximum absolute atomic E-state index is 12.7. The fourth-order valence-electron chi connectivity index (χ4n) is 3.47. The smallest absolute Gasteiger partial charge is 0.224 e. The Morgan fingerprint density at radius 2 is 2.12 bits per heavy atom. The van der Waals surface area contributed by atoms with Gasteiger partial charge in [0.2, 0.25) is 11.8 Å². The van der Waals surface area contributed by atoms with Gasteiger partial charge in [-0.1, -0.05) is 13.8 Å². The summed E-state index contributed by atoms with van der Waals surface area (Å²) in [5.74, 6) is 2.73. The van der Waals surface area contributed by atoms with Crippen LogP contribution < -0.4 is 0 Å². The number of aromatic nitrogens is 3. The number of rotatable bonds is 6. The van der Waals surface area contributed by atoms with E-state index >= 15 is 0 Å². The minimum atomic E-state index is 0.0918. The molecule has 25 heavy (non-hydrogen) atoms. The van der Waals surface area contributed by atoms with Crippen molar-refractivity contribution in [2.75, 3.05) is 19.6 Å². The van der Waals surface area contributed by atoms with E-state index in [4.69, 9.17) is 0 Å². The summed E-state index contributed by atoms with van der Waals surface area (Å²) in [4.78, 5) is 33.5. The Kier molecular flexibility index (Phi) is 5.39. The molecule has 3 rings (SSSR count). The van der Waals surface area contributed by atoms with Crippen LogP contribution in [0.1, 0.15) is 51.2 Å². The molecule has 7 nitrogen and oxygen atoms in total. The van der Waals surface area contributed by atoms with Gasteiger partial charge in [-0.05, 0) is 31.6 Å². The monoisotopic (exact) mass is 347 g/mol. The van der Waals surface area contributed by atoms with Gasteiger partial charge in [0.1, 0.15) is 5.82 Å². The number of nitrogens with zero attached hydrogens (tertiary/aromatic N) is 4. The molecule has 1 aromatic rings. The quantitative estimate of drug-likeness (QED) is 0.846. The van der Waals surface area contributed by atoms with Gasteiger partial charge in [-0.3, -0.25) is 14.7 Å². The molecule has 138 valence electrons. The zero-order chi connectivity index (χ0) is 18.0. The van der Waals surface area contributed by atoms with Gasteiger partial charge >= 0.3 is 0 Å². The number of aryl methyl sites for hydroxylation is 2. The number of amides is 2. The van der Waals surface area contributed by atoms with E-state index < -0.39 is 0 Å². The van der Waals surface area contributed by atoms with E-state index in [1.165, 1.54) is 12.8 Å². The summed E-state index contributed by atoms with van der Waals surface area (Å²) in [6.07, 6.45) is 3.81. The molecular formula is C18H29N5O2. The molecule has 1 saturated carbocycles. The maximum Gasteiger partial charge on any atom is 0.224 e. The second-order valence-electron chi connectivity index (χ2n) is 7.73. The minimum Gasteiger partial charge on any atom is -0.340 e. The lowest BCUT2D eigenvalue weighted by Gasteiger charge is -2.34. The van der Waals surface area contributed by atoms with Crippen molar-refractivity contribution in [2.24, 2.45) is 11.8 Å². The highest BCUT2D eigenvalue weighted by molar-refractivity contribution is 5.80. The van der Waals surface area contributed by atoms with E-state index in [1.54, 1.807) is 0 Å². The fourth-order valence-corrected chi connectivity index (χ4v) is 3.47. The van der Waals surface area contributed by atoms with E-state index in [1.807, 2.05) is 16.7 Å². The molecule has 1 aliphatic heterocycles. The third-order valence-electron chi connectivity index (χ3n) is 5.20. The van der Waals surface area contributed by atoms with Gasteiger partial charge in [0.15, 0.2) is 5.82 Å². The Morgan fingerprint density at radius 3 is 2.72 bits per heavy atom. The first kappa shape index (κ1) is 17.9. The van der Waals surface area contributed by atoms with Crippen LogP contribution in [0.3, 0.4) is 0 Å². The van der Waals surface area contributed by atoms with Gasteiger partial charge in [0.05, 0.1) is 6.04 Å². The van der Waals surface area contributed by atoms with Gasteiger partial charge in [0, 0.05) is 38.9 Å². The van der Waals surface area contributed by atoms with Crippen LogP contribution in [0.4, 0.5) is 0 Å². The molecule has 0 radical (unpaired) electrons. The van der Waals surface area contributed by atoms with E-state index in [0.717, 1.165) is 12.4 Å². The van der Waals surface area contributed by atoms with Crippen molar-refractivity contribution in [3.05, 3.63) is 11.6 Å². The van der Waals surface area contributed by atoms with Gasteiger partial charge < -0.3 is 9.80 Å². The molecule has 2 heterocycles. The Bertz CT molecular complexity index is 623. The highest BCUT2D eigenvalue weighted by atomic mass is 16.2. The number of H-pyrrole nitrogens is 1. The molecule has 1 N–H and O–H groups in total. The lowest BCUT2D eigenvalue weighted by molar-refractivity contribution is -0.134. The summed E-state index contributed by atoms with van der Waals surface area (Å²) in [7, 11) is 0. The van der Waals surface area contributed by atoms with Crippen molar-refractivity contribution in [1.29, 1.82) is 0 Å². The van der Waals surface area contributed by atoms with Gasteiger partial charge in [-0.15, -0.1) is 0 Å². The summed E-state index contributed by atoms with van der Waals surface area (Å²) >= 11 is 0. The Morgan fingerprint density at radius 1 is 1.36 bits per heavy atom. The van der Waals surface area contributed by atoms with Crippen LogP contribution in [0.2, 0.25) is 0 Å². The Labute approximate surface area is 149 Å². The molecular weight excluding hydrogens is 318 g/mol. The average molecular weight is 347 g/mol. The lowest BCUT2D eigenvalue weighted by Crippen LogP contribution is -2.48. The van der Waals surface area contributed by atoms with Crippen molar-refractivity contribution in [2.45, 2.75) is 58.9 Å². The predicted molar refractivity (Wildman–Crippen MR) is 93.7 cm³/mol. The normalized spacial score (nSPS) is 21.8. The maximum atomic E-state index is 12.7. The van der Waals surface area contributed by atoms with Crippen LogP contribution in [-0.2, 0) is 16.0 Å². The molecule has 7 heteroatoms. The molecule has 0 bridgehead atoms. The topological polar surface area (TPSA) is 82.2 Å². The number of carbonyl (C=O) groups excluding carboxylic acids is 2. The third kappa shape index (κ3) is 4.58. The number of aromatic amines is 1.